The Kier molecular flexibility index (Phi) is 7.38. The average molecular weight is 301 g/mol. The van der Waals surface area contributed by atoms with E-state index < -0.39 is 5.54 Å². The third-order valence-corrected chi connectivity index (χ3v) is 5.43. The lowest BCUT2D eigenvalue weighted by Gasteiger charge is -2.31. The van der Waals surface area contributed by atoms with E-state index in [9.17, 15) is 4.79 Å². The zero-order valence-electron chi connectivity index (χ0n) is 13.7. The summed E-state index contributed by atoms with van der Waals surface area (Å²) in [6.45, 7) is 8.45. The van der Waals surface area contributed by atoms with Gasteiger partial charge < -0.3 is 4.74 Å². The average Bonchev–Trinajstić information content (AvgIpc) is 2.37. The van der Waals surface area contributed by atoms with Gasteiger partial charge in [0.25, 0.3) is 0 Å². The Morgan fingerprint density at radius 1 is 1.45 bits per heavy atom. The van der Waals surface area contributed by atoms with Crippen molar-refractivity contribution in [3.05, 3.63) is 0 Å². The third-order valence-electron chi connectivity index (χ3n) is 4.09. The highest BCUT2D eigenvalue weighted by Gasteiger charge is 2.34. The predicted molar refractivity (Wildman–Crippen MR) is 87.2 cm³/mol. The van der Waals surface area contributed by atoms with Gasteiger partial charge in [-0.3, -0.25) is 10.1 Å². The van der Waals surface area contributed by atoms with Gasteiger partial charge in [-0.05, 0) is 51.7 Å². The molecule has 1 aliphatic carbocycles. The minimum Gasteiger partial charge on any atom is -0.468 e. The van der Waals surface area contributed by atoms with Gasteiger partial charge in [0, 0.05) is 11.3 Å². The number of carbonyl (C=O) groups excluding carboxylic acids is 1. The fourth-order valence-electron chi connectivity index (χ4n) is 3.06. The molecule has 0 aromatic heterocycles. The molecule has 118 valence electrons. The van der Waals surface area contributed by atoms with Crippen molar-refractivity contribution in [2.24, 2.45) is 5.92 Å². The highest BCUT2D eigenvalue weighted by Crippen LogP contribution is 2.33. The summed E-state index contributed by atoms with van der Waals surface area (Å²) in [6.07, 6.45) is 6.23. The molecular weight excluding hydrogens is 270 g/mol. The molecule has 3 nitrogen and oxygen atoms in total. The minimum atomic E-state index is -0.559. The van der Waals surface area contributed by atoms with Crippen molar-refractivity contribution in [1.29, 1.82) is 0 Å². The summed E-state index contributed by atoms with van der Waals surface area (Å²) >= 11 is 2.04. The first-order valence-electron chi connectivity index (χ1n) is 7.85. The Balaban J connectivity index is 2.43. The van der Waals surface area contributed by atoms with E-state index in [1.165, 1.54) is 32.8 Å². The normalized spacial score (nSPS) is 26.3. The van der Waals surface area contributed by atoms with Crippen LogP contribution in [0.25, 0.3) is 0 Å². The molecule has 0 aromatic rings. The van der Waals surface area contributed by atoms with Crippen molar-refractivity contribution in [2.45, 2.75) is 76.6 Å². The van der Waals surface area contributed by atoms with E-state index in [1.807, 2.05) is 18.7 Å². The molecule has 0 saturated heterocycles. The molecule has 0 bridgehead atoms. The second-order valence-corrected chi connectivity index (χ2v) is 8.05. The molecule has 0 spiro atoms. The fourth-order valence-corrected chi connectivity index (χ4v) is 4.71. The van der Waals surface area contributed by atoms with E-state index in [4.69, 9.17) is 4.74 Å². The molecule has 3 atom stereocenters. The Hall–Kier alpha value is -0.220. The minimum absolute atomic E-state index is 0.149. The van der Waals surface area contributed by atoms with Crippen molar-refractivity contribution >= 4 is 17.7 Å². The molecule has 1 saturated carbocycles. The van der Waals surface area contributed by atoms with Crippen LogP contribution in [0.15, 0.2) is 0 Å². The van der Waals surface area contributed by atoms with Gasteiger partial charge in [-0.15, -0.1) is 0 Å². The van der Waals surface area contributed by atoms with Crippen molar-refractivity contribution in [3.8, 4) is 0 Å². The van der Waals surface area contributed by atoms with Crippen molar-refractivity contribution in [1.82, 2.24) is 5.32 Å². The zero-order valence-corrected chi connectivity index (χ0v) is 14.5. The van der Waals surface area contributed by atoms with Gasteiger partial charge in [0.15, 0.2) is 0 Å². The topological polar surface area (TPSA) is 38.3 Å². The molecule has 1 rings (SSSR count). The first-order valence-corrected chi connectivity index (χ1v) is 8.90. The third kappa shape index (κ3) is 5.65. The Labute approximate surface area is 128 Å². The molecule has 20 heavy (non-hydrogen) atoms. The van der Waals surface area contributed by atoms with Crippen LogP contribution < -0.4 is 5.32 Å². The van der Waals surface area contributed by atoms with E-state index in [1.54, 1.807) is 0 Å². The monoisotopic (exact) mass is 301 g/mol. The van der Waals surface area contributed by atoms with E-state index >= 15 is 0 Å². The smallest absolute Gasteiger partial charge is 0.325 e. The van der Waals surface area contributed by atoms with E-state index in [0.29, 0.717) is 0 Å². The summed E-state index contributed by atoms with van der Waals surface area (Å²) in [5, 5.41) is 4.14. The summed E-state index contributed by atoms with van der Waals surface area (Å²) in [5.41, 5.74) is -0.559. The summed E-state index contributed by atoms with van der Waals surface area (Å²) in [7, 11) is 1.47. The summed E-state index contributed by atoms with van der Waals surface area (Å²) < 4.78 is 4.97. The van der Waals surface area contributed by atoms with E-state index in [2.05, 4.69) is 26.1 Å². The number of nitrogens with one attached hydrogen (secondary N) is 1. The number of thioether (sulfide) groups is 1. The standard InChI is InChI=1S/C16H31NO2S/c1-12(2)17-16(4,15(18)19-5)9-10-20-14-8-6-7-13(3)11-14/h12-14,17H,6-11H2,1-5H3. The first kappa shape index (κ1) is 17.8. The van der Waals surface area contributed by atoms with Crippen LogP contribution in [0, 0.1) is 5.92 Å². The van der Waals surface area contributed by atoms with Gasteiger partial charge in [-0.25, -0.2) is 0 Å². The lowest BCUT2D eigenvalue weighted by atomic mass is 9.91. The second kappa shape index (κ2) is 8.28. The summed E-state index contributed by atoms with van der Waals surface area (Å²) in [4.78, 5) is 12.0. The molecule has 1 N–H and O–H groups in total. The maximum absolute atomic E-state index is 12.0. The van der Waals surface area contributed by atoms with Crippen LogP contribution in [0.2, 0.25) is 0 Å². The number of esters is 1. The van der Waals surface area contributed by atoms with Crippen LogP contribution in [0.3, 0.4) is 0 Å². The van der Waals surface area contributed by atoms with Gasteiger partial charge in [0.05, 0.1) is 7.11 Å². The Morgan fingerprint density at radius 2 is 2.15 bits per heavy atom. The Bertz CT molecular complexity index is 309. The van der Waals surface area contributed by atoms with Crippen LogP contribution in [0.5, 0.6) is 0 Å². The largest absolute Gasteiger partial charge is 0.468 e. The lowest BCUT2D eigenvalue weighted by molar-refractivity contribution is -0.148. The summed E-state index contributed by atoms with van der Waals surface area (Å²) in [5.74, 6) is 1.73. The molecule has 4 heteroatoms. The summed E-state index contributed by atoms with van der Waals surface area (Å²) in [6, 6.07) is 0.277. The molecule has 0 aliphatic heterocycles. The van der Waals surface area contributed by atoms with Crippen LogP contribution in [-0.4, -0.2) is 35.7 Å². The van der Waals surface area contributed by atoms with Crippen LogP contribution in [0.4, 0.5) is 0 Å². The van der Waals surface area contributed by atoms with Gasteiger partial charge in [0.2, 0.25) is 0 Å². The van der Waals surface area contributed by atoms with Crippen LogP contribution in [0.1, 0.15) is 59.8 Å². The van der Waals surface area contributed by atoms with Gasteiger partial charge >= 0.3 is 5.97 Å². The SMILES string of the molecule is COC(=O)C(C)(CCSC1CCCC(C)C1)NC(C)C. The highest BCUT2D eigenvalue weighted by molar-refractivity contribution is 7.99. The first-order chi connectivity index (χ1) is 9.37. The van der Waals surface area contributed by atoms with Crippen molar-refractivity contribution < 1.29 is 9.53 Å². The quantitative estimate of drug-likeness (QED) is 0.729. The lowest BCUT2D eigenvalue weighted by Crippen LogP contribution is -2.53. The molecule has 3 unspecified atom stereocenters. The molecule has 1 aliphatic rings. The molecule has 0 amide bonds. The van der Waals surface area contributed by atoms with Crippen LogP contribution >= 0.6 is 11.8 Å². The number of ether oxygens (including phenoxy) is 1. The molecular formula is C16H31NO2S. The molecule has 0 aromatic carbocycles. The Morgan fingerprint density at radius 3 is 2.70 bits per heavy atom. The predicted octanol–water partition coefficient (Wildman–Crippen LogP) is 3.62. The van der Waals surface area contributed by atoms with Gasteiger partial charge in [0.1, 0.15) is 5.54 Å². The van der Waals surface area contributed by atoms with E-state index in [-0.39, 0.29) is 12.0 Å². The maximum Gasteiger partial charge on any atom is 0.325 e. The van der Waals surface area contributed by atoms with Crippen molar-refractivity contribution in [3.63, 3.8) is 0 Å². The molecule has 0 heterocycles. The molecule has 1 fully saturated rings. The van der Waals surface area contributed by atoms with Crippen LogP contribution in [-0.2, 0) is 9.53 Å². The number of methoxy groups -OCH3 is 1. The highest BCUT2D eigenvalue weighted by atomic mass is 32.2. The fraction of sp³-hybridized carbons (Fsp3) is 0.938. The molecule has 0 radical (unpaired) electrons. The number of rotatable bonds is 7. The number of hydrogen-bond donors (Lipinski definition) is 1. The number of hydrogen-bond acceptors (Lipinski definition) is 4. The zero-order chi connectivity index (χ0) is 15.2. The number of carbonyl (C=O) groups is 1. The van der Waals surface area contributed by atoms with E-state index in [0.717, 1.165) is 23.3 Å². The second-order valence-electron chi connectivity index (χ2n) is 6.64. The van der Waals surface area contributed by atoms with Crippen molar-refractivity contribution in [2.75, 3.05) is 12.9 Å². The van der Waals surface area contributed by atoms with Gasteiger partial charge in [-0.1, -0.05) is 19.8 Å². The maximum atomic E-state index is 12.0. The van der Waals surface area contributed by atoms with Gasteiger partial charge in [-0.2, -0.15) is 11.8 Å².